The maximum atomic E-state index is 12.1. The minimum atomic E-state index is -0.874. The van der Waals surface area contributed by atoms with Crippen molar-refractivity contribution in [3.8, 4) is 0 Å². The Morgan fingerprint density at radius 3 is 2.76 bits per heavy atom. The van der Waals surface area contributed by atoms with Crippen LogP contribution in [0.5, 0.6) is 0 Å². The Morgan fingerprint density at radius 1 is 1.48 bits per heavy atom. The molecule has 2 heterocycles. The van der Waals surface area contributed by atoms with Gasteiger partial charge in [-0.25, -0.2) is 5.01 Å². The molecule has 8 nitrogen and oxygen atoms in total. The number of hydrazine groups is 1. The van der Waals surface area contributed by atoms with Gasteiger partial charge < -0.3 is 9.73 Å². The van der Waals surface area contributed by atoms with Crippen molar-refractivity contribution in [2.24, 2.45) is 0 Å². The van der Waals surface area contributed by atoms with E-state index in [1.165, 1.54) is 36.3 Å². The monoisotopic (exact) mass is 310 g/mol. The lowest BCUT2D eigenvalue weighted by molar-refractivity contribution is -0.131. The SMILES string of the molecule is CNC(=O)CC1C(=O)N(C)C(=S)N1NC(=O)c1ccco1. The lowest BCUT2D eigenvalue weighted by atomic mass is 10.2. The Kier molecular flexibility index (Phi) is 4.22. The van der Waals surface area contributed by atoms with Gasteiger partial charge in [-0.3, -0.25) is 24.7 Å². The first kappa shape index (κ1) is 15.0. The Balaban J connectivity index is 2.17. The minimum absolute atomic E-state index is 0.0819. The van der Waals surface area contributed by atoms with E-state index in [1.54, 1.807) is 6.07 Å². The molecule has 1 aliphatic heterocycles. The van der Waals surface area contributed by atoms with E-state index < -0.39 is 11.9 Å². The molecule has 1 atom stereocenters. The van der Waals surface area contributed by atoms with E-state index in [4.69, 9.17) is 16.6 Å². The van der Waals surface area contributed by atoms with Crippen LogP contribution < -0.4 is 10.7 Å². The Bertz CT molecular complexity index is 586. The summed E-state index contributed by atoms with van der Waals surface area (Å²) in [5.41, 5.74) is 2.49. The van der Waals surface area contributed by atoms with E-state index in [-0.39, 0.29) is 29.1 Å². The van der Waals surface area contributed by atoms with Gasteiger partial charge in [0.25, 0.3) is 5.91 Å². The second-order valence-electron chi connectivity index (χ2n) is 4.36. The van der Waals surface area contributed by atoms with Gasteiger partial charge in [-0.2, -0.15) is 0 Å². The van der Waals surface area contributed by atoms with E-state index >= 15 is 0 Å². The number of thiocarbonyl (C=S) groups is 1. The van der Waals surface area contributed by atoms with Crippen LogP contribution in [0.3, 0.4) is 0 Å². The number of hydrogen-bond acceptors (Lipinski definition) is 5. The van der Waals surface area contributed by atoms with Crippen molar-refractivity contribution in [2.75, 3.05) is 14.1 Å². The first-order chi connectivity index (χ1) is 9.95. The van der Waals surface area contributed by atoms with Crippen LogP contribution in [0.25, 0.3) is 0 Å². The second-order valence-corrected chi connectivity index (χ2v) is 4.73. The summed E-state index contributed by atoms with van der Waals surface area (Å²) in [6.45, 7) is 0. The summed E-state index contributed by atoms with van der Waals surface area (Å²) < 4.78 is 4.97. The Hall–Kier alpha value is -2.42. The van der Waals surface area contributed by atoms with Crippen molar-refractivity contribution in [2.45, 2.75) is 12.5 Å². The molecule has 21 heavy (non-hydrogen) atoms. The highest BCUT2D eigenvalue weighted by Crippen LogP contribution is 2.17. The van der Waals surface area contributed by atoms with Crippen molar-refractivity contribution >= 4 is 35.1 Å². The van der Waals surface area contributed by atoms with Gasteiger partial charge in [-0.15, -0.1) is 0 Å². The molecule has 9 heteroatoms. The lowest BCUT2D eigenvalue weighted by Gasteiger charge is -2.23. The highest BCUT2D eigenvalue weighted by molar-refractivity contribution is 7.80. The molecule has 3 amide bonds. The van der Waals surface area contributed by atoms with Crippen molar-refractivity contribution in [1.82, 2.24) is 20.7 Å². The summed E-state index contributed by atoms with van der Waals surface area (Å²) in [6.07, 6.45) is 1.24. The number of amides is 3. The molecule has 0 spiro atoms. The van der Waals surface area contributed by atoms with E-state index in [0.29, 0.717) is 0 Å². The number of carbonyl (C=O) groups excluding carboxylic acids is 3. The molecular formula is C12H14N4O4S. The van der Waals surface area contributed by atoms with Crippen LogP contribution in [0.4, 0.5) is 0 Å². The number of rotatable bonds is 4. The Labute approximate surface area is 126 Å². The van der Waals surface area contributed by atoms with Crippen LogP contribution in [0.1, 0.15) is 17.0 Å². The number of furan rings is 1. The third-order valence-electron chi connectivity index (χ3n) is 3.04. The fraction of sp³-hybridized carbons (Fsp3) is 0.333. The normalized spacial score (nSPS) is 18.1. The summed E-state index contributed by atoms with van der Waals surface area (Å²) >= 11 is 5.11. The topological polar surface area (TPSA) is 94.9 Å². The fourth-order valence-electron chi connectivity index (χ4n) is 1.88. The number of carbonyl (C=O) groups is 3. The lowest BCUT2D eigenvalue weighted by Crippen LogP contribution is -2.49. The van der Waals surface area contributed by atoms with Crippen LogP contribution in [-0.4, -0.2) is 52.9 Å². The van der Waals surface area contributed by atoms with Crippen LogP contribution in [-0.2, 0) is 9.59 Å². The summed E-state index contributed by atoms with van der Waals surface area (Å²) in [6, 6.07) is 2.17. The van der Waals surface area contributed by atoms with E-state index in [2.05, 4.69) is 10.7 Å². The van der Waals surface area contributed by atoms with Gasteiger partial charge in [0.05, 0.1) is 12.7 Å². The molecule has 0 bridgehead atoms. The van der Waals surface area contributed by atoms with Crippen molar-refractivity contribution in [3.05, 3.63) is 24.2 Å². The van der Waals surface area contributed by atoms with Gasteiger partial charge in [-0.05, 0) is 24.4 Å². The van der Waals surface area contributed by atoms with Crippen LogP contribution in [0.2, 0.25) is 0 Å². The van der Waals surface area contributed by atoms with Gasteiger partial charge in [0.1, 0.15) is 6.04 Å². The van der Waals surface area contributed by atoms with E-state index in [9.17, 15) is 14.4 Å². The largest absolute Gasteiger partial charge is 0.459 e. The maximum absolute atomic E-state index is 12.1. The zero-order valence-electron chi connectivity index (χ0n) is 11.5. The summed E-state index contributed by atoms with van der Waals surface area (Å²) in [4.78, 5) is 36.8. The van der Waals surface area contributed by atoms with Crippen molar-refractivity contribution in [1.29, 1.82) is 0 Å². The molecule has 1 unspecified atom stereocenters. The molecular weight excluding hydrogens is 296 g/mol. The second kappa shape index (κ2) is 5.92. The number of likely N-dealkylation sites (N-methyl/N-ethyl adjacent to an activating group) is 1. The summed E-state index contributed by atoms with van der Waals surface area (Å²) in [5, 5.41) is 3.76. The molecule has 0 aromatic carbocycles. The Morgan fingerprint density at radius 2 is 2.19 bits per heavy atom. The standard InChI is InChI=1S/C12H14N4O4S/c1-13-9(17)6-7-11(19)15(2)12(21)16(7)14-10(18)8-4-3-5-20-8/h3-5,7H,6H2,1-2H3,(H,13,17)(H,14,18). The average Bonchev–Trinajstić information content (AvgIpc) is 3.07. The number of hydrogen-bond donors (Lipinski definition) is 2. The molecule has 1 saturated heterocycles. The molecule has 0 saturated carbocycles. The van der Waals surface area contributed by atoms with Crippen LogP contribution >= 0.6 is 12.2 Å². The van der Waals surface area contributed by atoms with Gasteiger partial charge in [-0.1, -0.05) is 0 Å². The summed E-state index contributed by atoms with van der Waals surface area (Å²) in [7, 11) is 2.95. The van der Waals surface area contributed by atoms with E-state index in [0.717, 1.165) is 0 Å². The molecule has 0 radical (unpaired) electrons. The maximum Gasteiger partial charge on any atom is 0.305 e. The molecule has 0 aliphatic carbocycles. The smallest absolute Gasteiger partial charge is 0.305 e. The highest BCUT2D eigenvalue weighted by atomic mass is 32.1. The zero-order valence-corrected chi connectivity index (χ0v) is 12.3. The molecule has 1 aliphatic rings. The highest BCUT2D eigenvalue weighted by Gasteiger charge is 2.42. The minimum Gasteiger partial charge on any atom is -0.459 e. The van der Waals surface area contributed by atoms with Crippen molar-refractivity contribution in [3.63, 3.8) is 0 Å². The zero-order chi connectivity index (χ0) is 15.6. The summed E-state index contributed by atoms with van der Waals surface area (Å²) in [5.74, 6) is -1.15. The first-order valence-electron chi connectivity index (χ1n) is 6.11. The average molecular weight is 310 g/mol. The number of nitrogens with one attached hydrogen (secondary N) is 2. The fourth-order valence-corrected chi connectivity index (χ4v) is 2.14. The number of nitrogens with zero attached hydrogens (tertiary/aromatic N) is 2. The predicted molar refractivity (Wildman–Crippen MR) is 75.9 cm³/mol. The van der Waals surface area contributed by atoms with E-state index in [1.807, 2.05) is 0 Å². The first-order valence-corrected chi connectivity index (χ1v) is 6.52. The van der Waals surface area contributed by atoms with Gasteiger partial charge in [0.15, 0.2) is 10.9 Å². The van der Waals surface area contributed by atoms with Gasteiger partial charge in [0, 0.05) is 14.1 Å². The third-order valence-corrected chi connectivity index (χ3v) is 3.52. The predicted octanol–water partition coefficient (Wildman–Crippen LogP) is -0.512. The molecule has 2 N–H and O–H groups in total. The quantitative estimate of drug-likeness (QED) is 0.727. The molecule has 1 fully saturated rings. The molecule has 2 rings (SSSR count). The molecule has 1 aromatic rings. The molecule has 1 aromatic heterocycles. The van der Waals surface area contributed by atoms with Gasteiger partial charge >= 0.3 is 5.91 Å². The third kappa shape index (κ3) is 2.87. The van der Waals surface area contributed by atoms with Crippen LogP contribution in [0.15, 0.2) is 22.8 Å². The van der Waals surface area contributed by atoms with Crippen LogP contribution in [0, 0.1) is 0 Å². The van der Waals surface area contributed by atoms with Gasteiger partial charge in [0.2, 0.25) is 5.91 Å². The molecule has 112 valence electrons. The van der Waals surface area contributed by atoms with Crippen molar-refractivity contribution < 1.29 is 18.8 Å².